The van der Waals surface area contributed by atoms with E-state index in [4.69, 9.17) is 4.74 Å². The molecule has 0 unspecified atom stereocenters. The van der Waals surface area contributed by atoms with Crippen molar-refractivity contribution in [3.8, 4) is 0 Å². The van der Waals surface area contributed by atoms with Crippen LogP contribution in [0.1, 0.15) is 6.92 Å². The highest BCUT2D eigenvalue weighted by Crippen LogP contribution is 2.02. The molecule has 0 rings (SSSR count). The van der Waals surface area contributed by atoms with Crippen molar-refractivity contribution in [1.29, 1.82) is 0 Å². The number of carbonyl (C=O) groups is 2. The van der Waals surface area contributed by atoms with E-state index in [0.29, 0.717) is 18.9 Å². The highest BCUT2D eigenvalue weighted by atomic mass is 32.2. The molecule has 0 aliphatic carbocycles. The van der Waals surface area contributed by atoms with E-state index >= 15 is 0 Å². The Morgan fingerprint density at radius 1 is 1.31 bits per heavy atom. The molecule has 0 aromatic rings. The molecule has 0 fully saturated rings. The van der Waals surface area contributed by atoms with Crippen LogP contribution in [0.25, 0.3) is 0 Å². The van der Waals surface area contributed by atoms with Gasteiger partial charge < -0.3 is 14.4 Å². The molecule has 1 amide bonds. The Morgan fingerprint density at radius 2 is 2.00 bits per heavy atom. The van der Waals surface area contributed by atoms with Gasteiger partial charge in [-0.25, -0.2) is 0 Å². The van der Waals surface area contributed by atoms with Crippen molar-refractivity contribution >= 4 is 23.6 Å². The highest BCUT2D eigenvalue weighted by molar-refractivity contribution is 7.99. The molecule has 0 saturated heterocycles. The Morgan fingerprint density at radius 3 is 2.50 bits per heavy atom. The molecular formula is C10H19NO4S. The smallest absolute Gasteiger partial charge is 0.325 e. The molecule has 94 valence electrons. The molecule has 0 aromatic carbocycles. The van der Waals surface area contributed by atoms with E-state index in [1.807, 2.05) is 6.92 Å². The number of rotatable bonds is 8. The minimum atomic E-state index is -0.392. The van der Waals surface area contributed by atoms with Crippen molar-refractivity contribution in [1.82, 2.24) is 4.90 Å². The topological polar surface area (TPSA) is 55.8 Å². The number of esters is 1. The average Bonchev–Trinajstić information content (AvgIpc) is 2.30. The number of nitrogens with zero attached hydrogens (tertiary/aromatic N) is 1. The van der Waals surface area contributed by atoms with E-state index in [2.05, 4.69) is 4.74 Å². The van der Waals surface area contributed by atoms with Gasteiger partial charge in [-0.2, -0.15) is 0 Å². The molecule has 0 bridgehead atoms. The van der Waals surface area contributed by atoms with Gasteiger partial charge in [-0.05, 0) is 6.92 Å². The standard InChI is InChI=1S/C10H19NO4S/c1-4-11(7-10(13)15-3)9(12)8-16-6-5-14-2/h4-8H2,1-3H3. The number of ether oxygens (including phenoxy) is 2. The van der Waals surface area contributed by atoms with Gasteiger partial charge in [-0.3, -0.25) is 9.59 Å². The number of carbonyl (C=O) groups excluding carboxylic acids is 2. The zero-order chi connectivity index (χ0) is 12.4. The summed E-state index contributed by atoms with van der Waals surface area (Å²) in [5.74, 6) is 0.706. The van der Waals surface area contributed by atoms with E-state index < -0.39 is 5.97 Å². The lowest BCUT2D eigenvalue weighted by molar-refractivity contribution is -0.146. The van der Waals surface area contributed by atoms with Crippen LogP contribution in [0.3, 0.4) is 0 Å². The first kappa shape index (κ1) is 15.2. The maximum Gasteiger partial charge on any atom is 0.325 e. The van der Waals surface area contributed by atoms with Crippen LogP contribution in [0.4, 0.5) is 0 Å². The van der Waals surface area contributed by atoms with Crippen molar-refractivity contribution in [2.45, 2.75) is 6.92 Å². The number of hydrogen-bond donors (Lipinski definition) is 0. The molecule has 0 N–H and O–H groups in total. The van der Waals surface area contributed by atoms with Gasteiger partial charge in [0.15, 0.2) is 0 Å². The van der Waals surface area contributed by atoms with E-state index in [-0.39, 0.29) is 12.5 Å². The summed E-state index contributed by atoms with van der Waals surface area (Å²) in [7, 11) is 2.94. The van der Waals surface area contributed by atoms with Crippen LogP contribution < -0.4 is 0 Å². The minimum Gasteiger partial charge on any atom is -0.468 e. The number of methoxy groups -OCH3 is 2. The summed E-state index contributed by atoms with van der Waals surface area (Å²) in [6.45, 7) is 3.00. The molecule has 5 nitrogen and oxygen atoms in total. The molecule has 0 aliphatic heterocycles. The lowest BCUT2D eigenvalue weighted by atomic mass is 10.4. The van der Waals surface area contributed by atoms with Crippen LogP contribution in [0.5, 0.6) is 0 Å². The maximum absolute atomic E-state index is 11.6. The summed E-state index contributed by atoms with van der Waals surface area (Å²) in [5, 5.41) is 0. The van der Waals surface area contributed by atoms with Crippen molar-refractivity contribution in [3.05, 3.63) is 0 Å². The fourth-order valence-electron chi connectivity index (χ4n) is 0.990. The summed E-state index contributed by atoms with van der Waals surface area (Å²) >= 11 is 1.50. The van der Waals surface area contributed by atoms with Crippen LogP contribution in [0.15, 0.2) is 0 Å². The van der Waals surface area contributed by atoms with Gasteiger partial charge in [-0.15, -0.1) is 11.8 Å². The monoisotopic (exact) mass is 249 g/mol. The van der Waals surface area contributed by atoms with E-state index in [0.717, 1.165) is 5.75 Å². The predicted octanol–water partition coefficient (Wildman–Crippen LogP) is 0.387. The van der Waals surface area contributed by atoms with Crippen molar-refractivity contribution in [2.24, 2.45) is 0 Å². The summed E-state index contributed by atoms with van der Waals surface area (Å²) in [6.07, 6.45) is 0. The first-order valence-electron chi connectivity index (χ1n) is 5.07. The van der Waals surface area contributed by atoms with Crippen molar-refractivity contribution in [2.75, 3.05) is 45.4 Å². The second kappa shape index (κ2) is 9.47. The third-order valence-electron chi connectivity index (χ3n) is 1.94. The van der Waals surface area contributed by atoms with Crippen LogP contribution >= 0.6 is 11.8 Å². The van der Waals surface area contributed by atoms with Gasteiger partial charge in [0, 0.05) is 19.4 Å². The first-order valence-corrected chi connectivity index (χ1v) is 6.22. The lowest BCUT2D eigenvalue weighted by Gasteiger charge is -2.19. The van der Waals surface area contributed by atoms with Gasteiger partial charge in [0.25, 0.3) is 0 Å². The van der Waals surface area contributed by atoms with Gasteiger partial charge >= 0.3 is 5.97 Å². The average molecular weight is 249 g/mol. The first-order chi connectivity index (χ1) is 7.65. The molecule has 16 heavy (non-hydrogen) atoms. The van der Waals surface area contributed by atoms with E-state index in [1.165, 1.54) is 23.8 Å². The Hall–Kier alpha value is -0.750. The van der Waals surface area contributed by atoms with Gasteiger partial charge in [-0.1, -0.05) is 0 Å². The number of amides is 1. The zero-order valence-corrected chi connectivity index (χ0v) is 10.8. The molecular weight excluding hydrogens is 230 g/mol. The SMILES string of the molecule is CCN(CC(=O)OC)C(=O)CSCCOC. The predicted molar refractivity (Wildman–Crippen MR) is 63.5 cm³/mol. The largest absolute Gasteiger partial charge is 0.468 e. The highest BCUT2D eigenvalue weighted by Gasteiger charge is 2.15. The molecule has 0 atom stereocenters. The molecule has 0 saturated carbocycles. The van der Waals surface area contributed by atoms with Crippen LogP contribution in [-0.2, 0) is 19.1 Å². The minimum absolute atomic E-state index is 0.0245. The quantitative estimate of drug-likeness (QED) is 0.460. The van der Waals surface area contributed by atoms with Crippen molar-refractivity contribution < 1.29 is 19.1 Å². The van der Waals surface area contributed by atoms with Crippen LogP contribution in [0.2, 0.25) is 0 Å². The fraction of sp³-hybridized carbons (Fsp3) is 0.800. The number of hydrogen-bond acceptors (Lipinski definition) is 5. The van der Waals surface area contributed by atoms with Crippen LogP contribution in [0, 0.1) is 0 Å². The lowest BCUT2D eigenvalue weighted by Crippen LogP contribution is -2.37. The Kier molecular flexibility index (Phi) is 9.03. The van der Waals surface area contributed by atoms with E-state index in [9.17, 15) is 9.59 Å². The van der Waals surface area contributed by atoms with Crippen molar-refractivity contribution in [3.63, 3.8) is 0 Å². The molecule has 6 heteroatoms. The molecule has 0 aromatic heterocycles. The molecule has 0 spiro atoms. The second-order valence-electron chi connectivity index (χ2n) is 3.03. The Labute approximate surface area is 100 Å². The summed E-state index contributed by atoms with van der Waals surface area (Å²) in [6, 6.07) is 0. The van der Waals surface area contributed by atoms with Gasteiger partial charge in [0.2, 0.25) is 5.91 Å². The molecule has 0 heterocycles. The molecule has 0 aliphatic rings. The third kappa shape index (κ3) is 6.68. The summed E-state index contributed by atoms with van der Waals surface area (Å²) < 4.78 is 9.39. The van der Waals surface area contributed by atoms with Crippen LogP contribution in [-0.4, -0.2) is 62.2 Å². The molecule has 0 radical (unpaired) electrons. The zero-order valence-electron chi connectivity index (χ0n) is 10.0. The van der Waals surface area contributed by atoms with E-state index in [1.54, 1.807) is 7.11 Å². The second-order valence-corrected chi connectivity index (χ2v) is 4.13. The summed E-state index contributed by atoms with van der Waals surface area (Å²) in [4.78, 5) is 24.1. The normalized spacial score (nSPS) is 9.94. The Bertz CT molecular complexity index is 223. The fourth-order valence-corrected chi connectivity index (χ4v) is 1.78. The van der Waals surface area contributed by atoms with Gasteiger partial charge in [0.1, 0.15) is 6.54 Å². The van der Waals surface area contributed by atoms with Gasteiger partial charge in [0.05, 0.1) is 19.5 Å². The maximum atomic E-state index is 11.6. The number of likely N-dealkylation sites (N-methyl/N-ethyl adjacent to an activating group) is 1. The third-order valence-corrected chi connectivity index (χ3v) is 2.85. The summed E-state index contributed by atoms with van der Waals surface area (Å²) in [5.41, 5.74) is 0. The number of thioether (sulfide) groups is 1. The Balaban J connectivity index is 3.87.